The van der Waals surface area contributed by atoms with Gasteiger partial charge >= 0.3 is 0 Å². The van der Waals surface area contributed by atoms with E-state index in [9.17, 15) is 9.59 Å². The van der Waals surface area contributed by atoms with Crippen molar-refractivity contribution in [1.82, 2.24) is 10.2 Å². The molecule has 0 spiro atoms. The first-order chi connectivity index (χ1) is 14.5. The van der Waals surface area contributed by atoms with Gasteiger partial charge in [0.25, 0.3) is 0 Å². The summed E-state index contributed by atoms with van der Waals surface area (Å²) in [5, 5.41) is 2.87. The molecule has 0 heterocycles. The van der Waals surface area contributed by atoms with Gasteiger partial charge < -0.3 is 15.0 Å². The van der Waals surface area contributed by atoms with Crippen molar-refractivity contribution < 1.29 is 14.3 Å². The van der Waals surface area contributed by atoms with Crippen LogP contribution in [0.3, 0.4) is 0 Å². The number of benzene rings is 2. The van der Waals surface area contributed by atoms with Crippen molar-refractivity contribution in [3.05, 3.63) is 65.7 Å². The molecule has 162 valence electrons. The van der Waals surface area contributed by atoms with Crippen LogP contribution in [0.1, 0.15) is 38.3 Å². The van der Waals surface area contributed by atoms with E-state index in [-0.39, 0.29) is 18.1 Å². The molecule has 0 fully saturated rings. The summed E-state index contributed by atoms with van der Waals surface area (Å²) in [7, 11) is 0. The van der Waals surface area contributed by atoms with Gasteiger partial charge in [-0.3, -0.25) is 9.59 Å². The van der Waals surface area contributed by atoms with Crippen molar-refractivity contribution in [2.45, 2.75) is 46.1 Å². The van der Waals surface area contributed by atoms with Gasteiger partial charge in [-0.05, 0) is 56.1 Å². The zero-order valence-electron chi connectivity index (χ0n) is 18.4. The van der Waals surface area contributed by atoms with Crippen LogP contribution in [0.2, 0.25) is 0 Å². The van der Waals surface area contributed by atoms with Crippen LogP contribution in [-0.2, 0) is 22.4 Å². The molecule has 0 radical (unpaired) electrons. The highest BCUT2D eigenvalue weighted by molar-refractivity contribution is 5.88. The summed E-state index contributed by atoms with van der Waals surface area (Å²) >= 11 is 0. The van der Waals surface area contributed by atoms with E-state index in [1.165, 1.54) is 6.92 Å². The van der Waals surface area contributed by atoms with Crippen LogP contribution in [0.15, 0.2) is 54.6 Å². The summed E-state index contributed by atoms with van der Waals surface area (Å²) in [5.41, 5.74) is 1.92. The van der Waals surface area contributed by atoms with Gasteiger partial charge in [0.1, 0.15) is 5.75 Å². The Bertz CT molecular complexity index is 771. The van der Waals surface area contributed by atoms with Gasteiger partial charge in [-0.1, -0.05) is 56.3 Å². The predicted octanol–water partition coefficient (Wildman–Crippen LogP) is 3.66. The lowest BCUT2D eigenvalue weighted by molar-refractivity contribution is -0.126. The van der Waals surface area contributed by atoms with Crippen LogP contribution in [0.5, 0.6) is 5.75 Å². The van der Waals surface area contributed by atoms with E-state index >= 15 is 0 Å². The summed E-state index contributed by atoms with van der Waals surface area (Å²) in [5.74, 6) is 0.615. The molecule has 2 aromatic rings. The van der Waals surface area contributed by atoms with E-state index in [4.69, 9.17) is 4.74 Å². The minimum atomic E-state index is -0.506. The number of carbonyl (C=O) groups is 2. The highest BCUT2D eigenvalue weighted by Crippen LogP contribution is 2.13. The van der Waals surface area contributed by atoms with Crippen molar-refractivity contribution >= 4 is 11.7 Å². The number of nitrogens with zero attached hydrogens (tertiary/aromatic N) is 1. The number of nitrogens with one attached hydrogen (secondary N) is 1. The molecule has 0 aromatic heterocycles. The fourth-order valence-electron chi connectivity index (χ4n) is 3.30. The number of hydrogen-bond acceptors (Lipinski definition) is 4. The molecule has 0 aliphatic rings. The SMILES string of the molecule is CCN(CC)CCCOc1ccc(CC(=O)NC(Cc2ccccc2)C(C)=O)cc1. The third kappa shape index (κ3) is 8.37. The van der Waals surface area contributed by atoms with Crippen molar-refractivity contribution in [3.63, 3.8) is 0 Å². The van der Waals surface area contributed by atoms with Crippen LogP contribution in [0.25, 0.3) is 0 Å². The Morgan fingerprint density at radius 3 is 2.23 bits per heavy atom. The Balaban J connectivity index is 1.79. The van der Waals surface area contributed by atoms with E-state index in [1.54, 1.807) is 0 Å². The number of hydrogen-bond donors (Lipinski definition) is 1. The number of ether oxygens (including phenoxy) is 1. The topological polar surface area (TPSA) is 58.6 Å². The molecule has 2 rings (SSSR count). The maximum Gasteiger partial charge on any atom is 0.225 e. The number of Topliss-reactive ketones (excluding diaryl/α,β-unsaturated/α-hetero) is 1. The molecule has 0 saturated heterocycles. The zero-order valence-corrected chi connectivity index (χ0v) is 18.4. The fraction of sp³-hybridized carbons (Fsp3) is 0.440. The third-order valence-electron chi connectivity index (χ3n) is 5.18. The number of ketones is 1. The fourth-order valence-corrected chi connectivity index (χ4v) is 3.30. The maximum absolute atomic E-state index is 12.4. The standard InChI is InChI=1S/C25H34N2O3/c1-4-27(5-2)16-9-17-30-23-14-12-22(13-15-23)19-25(29)26-24(20(3)28)18-21-10-7-6-8-11-21/h6-8,10-15,24H,4-5,9,16-19H2,1-3H3,(H,26,29). The summed E-state index contributed by atoms with van der Waals surface area (Å²) in [6.07, 6.45) is 1.72. The van der Waals surface area contributed by atoms with Crippen LogP contribution in [0, 0.1) is 0 Å². The molecular weight excluding hydrogens is 376 g/mol. The van der Waals surface area contributed by atoms with Crippen molar-refractivity contribution in [2.75, 3.05) is 26.2 Å². The molecule has 30 heavy (non-hydrogen) atoms. The second-order valence-corrected chi connectivity index (χ2v) is 7.47. The number of rotatable bonds is 13. The Kier molecular flexibility index (Phi) is 10.1. The lowest BCUT2D eigenvalue weighted by atomic mass is 10.0. The third-order valence-corrected chi connectivity index (χ3v) is 5.18. The Morgan fingerprint density at radius 2 is 1.63 bits per heavy atom. The normalized spacial score (nSPS) is 11.9. The van der Waals surface area contributed by atoms with E-state index in [1.807, 2.05) is 54.6 Å². The summed E-state index contributed by atoms with van der Waals surface area (Å²) < 4.78 is 5.80. The summed E-state index contributed by atoms with van der Waals surface area (Å²) in [4.78, 5) is 26.8. The summed E-state index contributed by atoms with van der Waals surface area (Å²) in [6, 6.07) is 16.8. The highest BCUT2D eigenvalue weighted by atomic mass is 16.5. The molecular formula is C25H34N2O3. The molecule has 1 unspecified atom stereocenters. The zero-order chi connectivity index (χ0) is 21.8. The van der Waals surface area contributed by atoms with Crippen LogP contribution in [0.4, 0.5) is 0 Å². The van der Waals surface area contributed by atoms with Crippen molar-refractivity contribution in [1.29, 1.82) is 0 Å². The van der Waals surface area contributed by atoms with Crippen LogP contribution >= 0.6 is 0 Å². The number of carbonyl (C=O) groups excluding carboxylic acids is 2. The Morgan fingerprint density at radius 1 is 0.967 bits per heavy atom. The van der Waals surface area contributed by atoms with Gasteiger partial charge in [-0.25, -0.2) is 0 Å². The maximum atomic E-state index is 12.4. The Labute approximate surface area is 180 Å². The van der Waals surface area contributed by atoms with Gasteiger partial charge in [-0.15, -0.1) is 0 Å². The molecule has 1 atom stereocenters. The predicted molar refractivity (Wildman–Crippen MR) is 121 cm³/mol. The lowest BCUT2D eigenvalue weighted by Gasteiger charge is -2.17. The van der Waals surface area contributed by atoms with Crippen LogP contribution < -0.4 is 10.1 Å². The molecule has 0 bridgehead atoms. The minimum absolute atomic E-state index is 0.0411. The second-order valence-electron chi connectivity index (χ2n) is 7.47. The van der Waals surface area contributed by atoms with E-state index in [0.29, 0.717) is 13.0 Å². The number of amides is 1. The largest absolute Gasteiger partial charge is 0.494 e. The monoisotopic (exact) mass is 410 g/mol. The first kappa shape index (κ1) is 23.6. The molecule has 0 saturated carbocycles. The van der Waals surface area contributed by atoms with Crippen molar-refractivity contribution in [3.8, 4) is 5.75 Å². The molecule has 2 aromatic carbocycles. The molecule has 1 N–H and O–H groups in total. The highest BCUT2D eigenvalue weighted by Gasteiger charge is 2.17. The molecule has 0 aliphatic carbocycles. The average molecular weight is 411 g/mol. The minimum Gasteiger partial charge on any atom is -0.494 e. The molecule has 5 heteroatoms. The summed E-state index contributed by atoms with van der Waals surface area (Å²) in [6.45, 7) is 9.67. The first-order valence-electron chi connectivity index (χ1n) is 10.8. The van der Waals surface area contributed by atoms with E-state index in [0.717, 1.165) is 42.9 Å². The second kappa shape index (κ2) is 12.8. The molecule has 0 aliphatic heterocycles. The Hall–Kier alpha value is -2.66. The molecule has 5 nitrogen and oxygen atoms in total. The van der Waals surface area contributed by atoms with Gasteiger partial charge in [0.2, 0.25) is 5.91 Å². The van der Waals surface area contributed by atoms with E-state index in [2.05, 4.69) is 24.1 Å². The lowest BCUT2D eigenvalue weighted by Crippen LogP contribution is -2.42. The molecule has 1 amide bonds. The first-order valence-corrected chi connectivity index (χ1v) is 10.8. The van der Waals surface area contributed by atoms with Crippen LogP contribution in [-0.4, -0.2) is 48.9 Å². The quantitative estimate of drug-likeness (QED) is 0.512. The van der Waals surface area contributed by atoms with Crippen molar-refractivity contribution in [2.24, 2.45) is 0 Å². The van der Waals surface area contributed by atoms with Gasteiger partial charge in [-0.2, -0.15) is 0 Å². The van der Waals surface area contributed by atoms with E-state index < -0.39 is 6.04 Å². The average Bonchev–Trinajstić information content (AvgIpc) is 2.75. The van der Waals surface area contributed by atoms with Gasteiger partial charge in [0.15, 0.2) is 5.78 Å². The van der Waals surface area contributed by atoms with Gasteiger partial charge in [0, 0.05) is 6.54 Å². The smallest absolute Gasteiger partial charge is 0.225 e. The van der Waals surface area contributed by atoms with Gasteiger partial charge in [0.05, 0.1) is 19.1 Å².